The minimum Gasteiger partial charge on any atom is -0.370 e. The van der Waals surface area contributed by atoms with Gasteiger partial charge in [0.05, 0.1) is 6.04 Å². The van der Waals surface area contributed by atoms with Crippen LogP contribution in [0.15, 0.2) is 59.6 Å². The van der Waals surface area contributed by atoms with Gasteiger partial charge in [0.1, 0.15) is 0 Å². The molecule has 0 saturated carbocycles. The first-order valence-corrected chi connectivity index (χ1v) is 10.4. The normalized spacial score (nSPS) is 16.2. The van der Waals surface area contributed by atoms with Gasteiger partial charge in [-0.25, -0.2) is 0 Å². The van der Waals surface area contributed by atoms with Crippen LogP contribution in [0.3, 0.4) is 0 Å². The third-order valence-electron chi connectivity index (χ3n) is 4.65. The molecule has 0 amide bonds. The van der Waals surface area contributed by atoms with Crippen molar-refractivity contribution >= 4 is 23.4 Å². The summed E-state index contributed by atoms with van der Waals surface area (Å²) >= 11 is 2.04. The molecule has 0 aliphatic carbocycles. The van der Waals surface area contributed by atoms with Gasteiger partial charge in [0, 0.05) is 43.9 Å². The molecule has 4 nitrogen and oxygen atoms in total. The van der Waals surface area contributed by atoms with Gasteiger partial charge in [0.25, 0.3) is 0 Å². The van der Waals surface area contributed by atoms with Crippen LogP contribution in [0.25, 0.3) is 0 Å². The SMILES string of the molecule is CN=C(NCc1ccc(N2CCSCC2)cc1)NC(C)c1ccccc1. The predicted octanol–water partition coefficient (Wildman–Crippen LogP) is 3.67. The smallest absolute Gasteiger partial charge is 0.191 e. The Morgan fingerprint density at radius 1 is 1.08 bits per heavy atom. The van der Waals surface area contributed by atoms with Crippen molar-refractivity contribution in [1.29, 1.82) is 0 Å². The number of aliphatic imine (C=N–C) groups is 1. The number of rotatable bonds is 5. The predicted molar refractivity (Wildman–Crippen MR) is 114 cm³/mol. The Morgan fingerprint density at radius 3 is 2.42 bits per heavy atom. The standard InChI is InChI=1S/C21H28N4S/c1-17(19-6-4-3-5-7-19)24-21(22-2)23-16-18-8-10-20(11-9-18)25-12-14-26-15-13-25/h3-11,17H,12-16H2,1-2H3,(H2,22,23,24). The lowest BCUT2D eigenvalue weighted by Gasteiger charge is -2.28. The molecule has 138 valence electrons. The fourth-order valence-corrected chi connectivity index (χ4v) is 3.96. The number of hydrogen-bond donors (Lipinski definition) is 2. The van der Waals surface area contributed by atoms with Gasteiger partial charge in [0.15, 0.2) is 5.96 Å². The Kier molecular flexibility index (Phi) is 6.83. The van der Waals surface area contributed by atoms with E-state index in [-0.39, 0.29) is 6.04 Å². The first-order valence-electron chi connectivity index (χ1n) is 9.20. The van der Waals surface area contributed by atoms with Crippen LogP contribution in [0.2, 0.25) is 0 Å². The van der Waals surface area contributed by atoms with E-state index in [0.717, 1.165) is 25.6 Å². The topological polar surface area (TPSA) is 39.7 Å². The Labute approximate surface area is 161 Å². The molecule has 0 spiro atoms. The minimum atomic E-state index is 0.210. The van der Waals surface area contributed by atoms with E-state index in [1.165, 1.54) is 28.3 Å². The van der Waals surface area contributed by atoms with E-state index < -0.39 is 0 Å². The molecule has 1 aliphatic heterocycles. The lowest BCUT2D eigenvalue weighted by Crippen LogP contribution is -2.38. The first kappa shape index (κ1) is 18.6. The highest BCUT2D eigenvalue weighted by Crippen LogP contribution is 2.19. The molecule has 26 heavy (non-hydrogen) atoms. The number of anilines is 1. The molecular formula is C21H28N4S. The summed E-state index contributed by atoms with van der Waals surface area (Å²) in [4.78, 5) is 6.81. The Morgan fingerprint density at radius 2 is 1.77 bits per heavy atom. The summed E-state index contributed by atoms with van der Waals surface area (Å²) in [6.07, 6.45) is 0. The van der Waals surface area contributed by atoms with Crippen molar-refractivity contribution in [3.8, 4) is 0 Å². The van der Waals surface area contributed by atoms with E-state index >= 15 is 0 Å². The van der Waals surface area contributed by atoms with E-state index in [4.69, 9.17) is 0 Å². The van der Waals surface area contributed by atoms with Crippen LogP contribution < -0.4 is 15.5 Å². The maximum absolute atomic E-state index is 4.34. The van der Waals surface area contributed by atoms with Crippen LogP contribution in [0.4, 0.5) is 5.69 Å². The molecule has 1 unspecified atom stereocenters. The van der Waals surface area contributed by atoms with Crippen molar-refractivity contribution in [2.45, 2.75) is 19.5 Å². The van der Waals surface area contributed by atoms with Gasteiger partial charge >= 0.3 is 0 Å². The van der Waals surface area contributed by atoms with Gasteiger partial charge in [-0.2, -0.15) is 11.8 Å². The minimum absolute atomic E-state index is 0.210. The molecule has 5 heteroatoms. The average Bonchev–Trinajstić information content (AvgIpc) is 2.72. The van der Waals surface area contributed by atoms with E-state index in [1.807, 2.05) is 24.9 Å². The summed E-state index contributed by atoms with van der Waals surface area (Å²) in [6, 6.07) is 19.5. The van der Waals surface area contributed by atoms with E-state index in [9.17, 15) is 0 Å². The molecule has 1 heterocycles. The van der Waals surface area contributed by atoms with E-state index in [2.05, 4.69) is 76.0 Å². The molecule has 2 N–H and O–H groups in total. The van der Waals surface area contributed by atoms with Gasteiger partial charge in [-0.1, -0.05) is 42.5 Å². The highest BCUT2D eigenvalue weighted by Gasteiger charge is 2.11. The highest BCUT2D eigenvalue weighted by molar-refractivity contribution is 7.99. The Hall–Kier alpha value is -2.14. The maximum Gasteiger partial charge on any atom is 0.191 e. The summed E-state index contributed by atoms with van der Waals surface area (Å²) in [5.74, 6) is 3.27. The number of benzene rings is 2. The third kappa shape index (κ3) is 5.18. The van der Waals surface area contributed by atoms with Gasteiger partial charge in [-0.15, -0.1) is 0 Å². The van der Waals surface area contributed by atoms with Crippen LogP contribution in [-0.4, -0.2) is 37.6 Å². The fourth-order valence-electron chi connectivity index (χ4n) is 3.06. The summed E-state index contributed by atoms with van der Waals surface area (Å²) in [5.41, 5.74) is 3.84. The molecule has 1 atom stereocenters. The lowest BCUT2D eigenvalue weighted by molar-refractivity contribution is 0.685. The van der Waals surface area contributed by atoms with Crippen molar-refractivity contribution in [2.75, 3.05) is 36.5 Å². The first-order chi connectivity index (χ1) is 12.8. The zero-order chi connectivity index (χ0) is 18.2. The molecule has 1 aliphatic rings. The molecule has 0 bridgehead atoms. The molecule has 3 rings (SSSR count). The zero-order valence-electron chi connectivity index (χ0n) is 15.6. The van der Waals surface area contributed by atoms with Crippen LogP contribution in [0, 0.1) is 0 Å². The quantitative estimate of drug-likeness (QED) is 0.624. The van der Waals surface area contributed by atoms with Gasteiger partial charge < -0.3 is 15.5 Å². The molecule has 1 saturated heterocycles. The fraction of sp³-hybridized carbons (Fsp3) is 0.381. The summed E-state index contributed by atoms with van der Waals surface area (Å²) in [5, 5.41) is 6.85. The number of guanidine groups is 1. The van der Waals surface area contributed by atoms with Crippen molar-refractivity contribution in [3.63, 3.8) is 0 Å². The van der Waals surface area contributed by atoms with Crippen LogP contribution in [-0.2, 0) is 6.54 Å². The molecule has 0 aromatic heterocycles. The maximum atomic E-state index is 4.34. The Balaban J connectivity index is 1.52. The van der Waals surface area contributed by atoms with Gasteiger partial charge in [-0.05, 0) is 30.2 Å². The third-order valence-corrected chi connectivity index (χ3v) is 5.59. The number of thioether (sulfide) groups is 1. The second-order valence-corrected chi connectivity index (χ2v) is 7.69. The summed E-state index contributed by atoms with van der Waals surface area (Å²) < 4.78 is 0. The lowest BCUT2D eigenvalue weighted by atomic mass is 10.1. The Bertz CT molecular complexity index is 694. The van der Waals surface area contributed by atoms with Crippen molar-refractivity contribution in [2.24, 2.45) is 4.99 Å². The molecule has 2 aromatic rings. The van der Waals surface area contributed by atoms with Crippen LogP contribution in [0.5, 0.6) is 0 Å². The van der Waals surface area contributed by atoms with Crippen molar-refractivity contribution in [1.82, 2.24) is 10.6 Å². The van der Waals surface area contributed by atoms with E-state index in [1.54, 1.807) is 0 Å². The van der Waals surface area contributed by atoms with Gasteiger partial charge in [0.2, 0.25) is 0 Å². The molecular weight excluding hydrogens is 340 g/mol. The summed E-state index contributed by atoms with van der Waals surface area (Å²) in [7, 11) is 1.81. The van der Waals surface area contributed by atoms with Crippen LogP contribution in [0.1, 0.15) is 24.1 Å². The zero-order valence-corrected chi connectivity index (χ0v) is 16.4. The number of hydrogen-bond acceptors (Lipinski definition) is 3. The second-order valence-electron chi connectivity index (χ2n) is 6.47. The van der Waals surface area contributed by atoms with Crippen molar-refractivity contribution in [3.05, 3.63) is 65.7 Å². The molecule has 2 aromatic carbocycles. The molecule has 0 radical (unpaired) electrons. The van der Waals surface area contributed by atoms with E-state index in [0.29, 0.717) is 0 Å². The van der Waals surface area contributed by atoms with Gasteiger partial charge in [-0.3, -0.25) is 4.99 Å². The van der Waals surface area contributed by atoms with Crippen molar-refractivity contribution < 1.29 is 0 Å². The number of nitrogens with one attached hydrogen (secondary N) is 2. The monoisotopic (exact) mass is 368 g/mol. The second kappa shape index (κ2) is 9.53. The number of nitrogens with zero attached hydrogens (tertiary/aromatic N) is 2. The van der Waals surface area contributed by atoms with Crippen LogP contribution >= 0.6 is 11.8 Å². The largest absolute Gasteiger partial charge is 0.370 e. The molecule has 1 fully saturated rings. The average molecular weight is 369 g/mol. The summed E-state index contributed by atoms with van der Waals surface area (Å²) in [6.45, 7) is 5.21. The highest BCUT2D eigenvalue weighted by atomic mass is 32.2.